The van der Waals surface area contributed by atoms with E-state index in [1.807, 2.05) is 0 Å². The summed E-state index contributed by atoms with van der Waals surface area (Å²) in [4.78, 5) is 19.6. The van der Waals surface area contributed by atoms with Crippen LogP contribution in [0, 0.1) is 5.82 Å². The summed E-state index contributed by atoms with van der Waals surface area (Å²) in [5.74, 6) is -0.484. The van der Waals surface area contributed by atoms with Crippen molar-refractivity contribution in [3.05, 3.63) is 53.2 Å². The van der Waals surface area contributed by atoms with Crippen molar-refractivity contribution in [2.45, 2.75) is 6.10 Å². The second-order valence-electron chi connectivity index (χ2n) is 4.64. The van der Waals surface area contributed by atoms with Gasteiger partial charge in [0.2, 0.25) is 0 Å². The second kappa shape index (κ2) is 5.74. The first kappa shape index (κ1) is 13.9. The molecule has 0 radical (unpaired) electrons. The van der Waals surface area contributed by atoms with Gasteiger partial charge in [0, 0.05) is 17.3 Å². The van der Waals surface area contributed by atoms with E-state index >= 15 is 0 Å². The van der Waals surface area contributed by atoms with Crippen molar-refractivity contribution in [3.8, 4) is 5.69 Å². The van der Waals surface area contributed by atoms with E-state index in [2.05, 4.69) is 15.0 Å². The Kier molecular flexibility index (Phi) is 3.63. The first-order chi connectivity index (χ1) is 10.7. The minimum absolute atomic E-state index is 0.0499. The topological polar surface area (TPSA) is 96.1 Å². The molecule has 0 bridgehead atoms. The van der Waals surface area contributed by atoms with Crippen LogP contribution in [0.3, 0.4) is 0 Å². The molecule has 2 aromatic rings. The van der Waals surface area contributed by atoms with Crippen LogP contribution in [0.2, 0.25) is 0 Å². The molecular formula is C13H11FN6O2. The number of imidazole rings is 1. The number of hydrogen-bond donors (Lipinski definition) is 0. The maximum atomic E-state index is 14.2. The summed E-state index contributed by atoms with van der Waals surface area (Å²) in [5.41, 5.74) is 9.00. The number of cyclic esters (lactones) is 1. The van der Waals surface area contributed by atoms with Gasteiger partial charge in [-0.05, 0) is 23.7 Å². The molecule has 0 saturated carbocycles. The predicted octanol–water partition coefficient (Wildman–Crippen LogP) is 2.65. The molecule has 1 aliphatic rings. The van der Waals surface area contributed by atoms with Crippen LogP contribution < -0.4 is 4.90 Å². The number of hydrogen-bond acceptors (Lipinski definition) is 4. The van der Waals surface area contributed by atoms with Crippen molar-refractivity contribution in [2.75, 3.05) is 18.0 Å². The number of ether oxygens (including phenoxy) is 1. The number of nitrogens with zero attached hydrogens (tertiary/aromatic N) is 6. The van der Waals surface area contributed by atoms with Crippen LogP contribution in [0.25, 0.3) is 16.1 Å². The first-order valence-corrected chi connectivity index (χ1v) is 6.46. The van der Waals surface area contributed by atoms with Crippen molar-refractivity contribution in [3.63, 3.8) is 0 Å². The van der Waals surface area contributed by atoms with E-state index in [-0.39, 0.29) is 13.1 Å². The molecule has 1 fully saturated rings. The normalized spacial score (nSPS) is 17.2. The third-order valence-corrected chi connectivity index (χ3v) is 3.25. The average molecular weight is 302 g/mol. The number of aromatic nitrogens is 2. The van der Waals surface area contributed by atoms with E-state index < -0.39 is 18.0 Å². The van der Waals surface area contributed by atoms with E-state index in [1.165, 1.54) is 21.9 Å². The van der Waals surface area contributed by atoms with Gasteiger partial charge in [-0.2, -0.15) is 0 Å². The zero-order chi connectivity index (χ0) is 15.5. The predicted molar refractivity (Wildman–Crippen MR) is 75.2 cm³/mol. The van der Waals surface area contributed by atoms with Gasteiger partial charge in [-0.1, -0.05) is 5.11 Å². The molecule has 1 saturated heterocycles. The fourth-order valence-electron chi connectivity index (χ4n) is 2.23. The Labute approximate surface area is 124 Å². The first-order valence-electron chi connectivity index (χ1n) is 6.46. The molecule has 0 spiro atoms. The van der Waals surface area contributed by atoms with E-state index in [4.69, 9.17) is 10.3 Å². The molecule has 112 valence electrons. The zero-order valence-corrected chi connectivity index (χ0v) is 11.3. The maximum Gasteiger partial charge on any atom is 0.414 e. The third kappa shape index (κ3) is 2.57. The van der Waals surface area contributed by atoms with Crippen LogP contribution in [0.5, 0.6) is 0 Å². The van der Waals surface area contributed by atoms with Crippen molar-refractivity contribution in [1.29, 1.82) is 0 Å². The largest absolute Gasteiger partial charge is 0.444 e. The van der Waals surface area contributed by atoms with Gasteiger partial charge < -0.3 is 9.30 Å². The lowest BCUT2D eigenvalue weighted by Gasteiger charge is -2.14. The van der Waals surface area contributed by atoms with Crippen LogP contribution in [-0.2, 0) is 4.74 Å². The summed E-state index contributed by atoms with van der Waals surface area (Å²) in [6.45, 7) is 0.260. The summed E-state index contributed by atoms with van der Waals surface area (Å²) < 4.78 is 20.8. The molecule has 0 unspecified atom stereocenters. The van der Waals surface area contributed by atoms with Crippen molar-refractivity contribution in [1.82, 2.24) is 9.55 Å². The fraction of sp³-hybridized carbons (Fsp3) is 0.231. The summed E-state index contributed by atoms with van der Waals surface area (Å²) in [6.07, 6.45) is 3.54. The monoisotopic (exact) mass is 302 g/mol. The molecule has 1 aliphatic heterocycles. The van der Waals surface area contributed by atoms with Crippen LogP contribution >= 0.6 is 0 Å². The van der Waals surface area contributed by atoms with Gasteiger partial charge in [0.05, 0.1) is 30.8 Å². The lowest BCUT2D eigenvalue weighted by atomic mass is 10.2. The molecule has 1 aromatic carbocycles. The number of rotatable bonds is 4. The smallest absolute Gasteiger partial charge is 0.414 e. The SMILES string of the molecule is [N-]=[N+]=NC[C@@H]1CN(c2ccc(-n3ccnc3)c(F)c2)C(=O)O1. The van der Waals surface area contributed by atoms with Gasteiger partial charge in [-0.3, -0.25) is 4.90 Å². The number of azide groups is 1. The second-order valence-corrected chi connectivity index (χ2v) is 4.64. The van der Waals surface area contributed by atoms with Crippen molar-refractivity contribution >= 4 is 11.8 Å². The number of amides is 1. The molecule has 1 atom stereocenters. The number of carbonyl (C=O) groups is 1. The molecule has 2 heterocycles. The molecular weight excluding hydrogens is 291 g/mol. The van der Waals surface area contributed by atoms with Gasteiger partial charge in [0.25, 0.3) is 0 Å². The number of halogens is 1. The highest BCUT2D eigenvalue weighted by atomic mass is 19.1. The van der Waals surface area contributed by atoms with Gasteiger partial charge in [-0.15, -0.1) is 0 Å². The minimum atomic E-state index is -0.590. The lowest BCUT2D eigenvalue weighted by Crippen LogP contribution is -2.25. The third-order valence-electron chi connectivity index (χ3n) is 3.25. The number of anilines is 1. The molecule has 0 N–H and O–H groups in total. The van der Waals surface area contributed by atoms with Crippen LogP contribution in [0.4, 0.5) is 14.9 Å². The Balaban J connectivity index is 1.82. The highest BCUT2D eigenvalue weighted by molar-refractivity contribution is 5.89. The molecule has 1 aromatic heterocycles. The Morgan fingerprint density at radius 3 is 3.09 bits per heavy atom. The summed E-state index contributed by atoms with van der Waals surface area (Å²) >= 11 is 0. The molecule has 3 rings (SSSR count). The molecule has 1 amide bonds. The standard InChI is InChI=1S/C13H11FN6O2/c14-11-5-9(1-2-12(11)19-4-3-16-8-19)20-7-10(6-17-18-15)22-13(20)21/h1-5,8,10H,6-7H2/t10-/m1/s1. The fourth-order valence-corrected chi connectivity index (χ4v) is 2.23. The Morgan fingerprint density at radius 2 is 2.41 bits per heavy atom. The highest BCUT2D eigenvalue weighted by Gasteiger charge is 2.32. The summed E-state index contributed by atoms with van der Waals surface area (Å²) in [6, 6.07) is 4.43. The van der Waals surface area contributed by atoms with Gasteiger partial charge in [-0.25, -0.2) is 14.2 Å². The zero-order valence-electron chi connectivity index (χ0n) is 11.3. The molecule has 22 heavy (non-hydrogen) atoms. The van der Waals surface area contributed by atoms with E-state index in [1.54, 1.807) is 24.5 Å². The van der Waals surface area contributed by atoms with E-state index in [0.717, 1.165) is 0 Å². The van der Waals surface area contributed by atoms with Gasteiger partial charge >= 0.3 is 6.09 Å². The number of benzene rings is 1. The Bertz CT molecular complexity index is 741. The molecule has 9 heteroatoms. The molecule has 0 aliphatic carbocycles. The van der Waals surface area contributed by atoms with Gasteiger partial charge in [0.1, 0.15) is 11.9 Å². The lowest BCUT2D eigenvalue weighted by molar-refractivity contribution is 0.145. The van der Waals surface area contributed by atoms with E-state index in [9.17, 15) is 9.18 Å². The van der Waals surface area contributed by atoms with E-state index in [0.29, 0.717) is 11.4 Å². The van der Waals surface area contributed by atoms with Crippen LogP contribution in [-0.4, -0.2) is 34.8 Å². The maximum absolute atomic E-state index is 14.2. The minimum Gasteiger partial charge on any atom is -0.444 e. The van der Waals surface area contributed by atoms with Crippen molar-refractivity contribution < 1.29 is 13.9 Å². The highest BCUT2D eigenvalue weighted by Crippen LogP contribution is 2.25. The van der Waals surface area contributed by atoms with Crippen LogP contribution in [0.1, 0.15) is 0 Å². The summed E-state index contributed by atoms with van der Waals surface area (Å²) in [5, 5.41) is 3.37. The Hall–Kier alpha value is -3.06. The molecule has 8 nitrogen and oxygen atoms in total. The Morgan fingerprint density at radius 1 is 1.55 bits per heavy atom. The van der Waals surface area contributed by atoms with Gasteiger partial charge in [0.15, 0.2) is 0 Å². The average Bonchev–Trinajstić information content (AvgIpc) is 3.14. The number of carbonyl (C=O) groups excluding carboxylic acids is 1. The summed E-state index contributed by atoms with van der Waals surface area (Å²) in [7, 11) is 0. The quantitative estimate of drug-likeness (QED) is 0.493. The van der Waals surface area contributed by atoms with Crippen LogP contribution in [0.15, 0.2) is 42.0 Å². The van der Waals surface area contributed by atoms with Crippen molar-refractivity contribution in [2.24, 2.45) is 5.11 Å².